The molecule has 0 fully saturated rings. The van der Waals surface area contributed by atoms with E-state index in [4.69, 9.17) is 14.2 Å². The highest BCUT2D eigenvalue weighted by Gasteiger charge is 2.30. The maximum atomic E-state index is 13.8. The fourth-order valence-corrected chi connectivity index (χ4v) is 9.83. The number of ether oxygens (including phenoxy) is 3. The van der Waals surface area contributed by atoms with E-state index in [1.54, 1.807) is 12.1 Å². The maximum Gasteiger partial charge on any atom is 0.416 e. The van der Waals surface area contributed by atoms with Crippen LogP contribution in [0.1, 0.15) is 38.9 Å². The fourth-order valence-electron chi connectivity index (χ4n) is 9.83. The van der Waals surface area contributed by atoms with Crippen LogP contribution in [0.5, 0.6) is 0 Å². The second kappa shape index (κ2) is 37.4. The van der Waals surface area contributed by atoms with E-state index >= 15 is 0 Å². The van der Waals surface area contributed by atoms with Gasteiger partial charge >= 0.3 is 48.6 Å². The molecule has 11 amide bonds. The summed E-state index contributed by atoms with van der Waals surface area (Å²) in [6, 6.07) is 52.9. The van der Waals surface area contributed by atoms with Crippen molar-refractivity contribution in [2.45, 2.75) is 81.0 Å². The third-order valence-corrected chi connectivity index (χ3v) is 14.4. The number of benzene rings is 7. The minimum atomic E-state index is -4.56. The lowest BCUT2D eigenvalue weighted by molar-refractivity contribution is -0.137. The van der Waals surface area contributed by atoms with Crippen molar-refractivity contribution in [2.75, 3.05) is 51.8 Å². The van der Waals surface area contributed by atoms with Crippen LogP contribution in [-0.4, -0.2) is 125 Å². The molecule has 0 aromatic heterocycles. The van der Waals surface area contributed by atoms with Crippen LogP contribution in [0.4, 0.5) is 52.4 Å². The standard InChI is InChI=1S/C69H78F3N11O10/c1-73-62(84)74-42-56(36-48-20-8-2-9-21-48)81-66(88)91-45-59(39-51-26-14-5-15-27-51)78-63(85)75-43-57(37-49-22-10-3-11-23-49)82-67(89)92-46-60(40-52-28-16-6-17-29-52)79-64(86)76-44-58(38-50-24-12-4-13-25-50)83-68(90)93-47-61(41-53-30-18-7-19-31-53)80-65(87)77-55-34-32-54(33-35-55)69(70,71)72/h2-35,56-61H,36-47H2,1H3,(H,81,88)(H,82,89)(H,83,90)(H2,73,74,84)(H2,75,78,85)(H2,76,79,86)(H2,77,80,87)/t56-,57-,58-,59-,60-,61-/m0/s1. The fraction of sp³-hybridized carbons (Fsp3) is 0.290. The number of anilines is 1. The Hall–Kier alpha value is -10.8. The van der Waals surface area contributed by atoms with Crippen molar-refractivity contribution < 1.29 is 60.9 Å². The van der Waals surface area contributed by atoms with E-state index < -0.39 is 90.4 Å². The summed E-state index contributed by atoms with van der Waals surface area (Å²) in [6.07, 6.45) is -5.30. The van der Waals surface area contributed by atoms with Gasteiger partial charge in [-0.05, 0) is 96.2 Å². The number of urea groups is 4. The number of nitrogens with one attached hydrogen (secondary N) is 11. The molecule has 0 heterocycles. The number of carbonyl (C=O) groups excluding carboxylic acids is 7. The second-order valence-electron chi connectivity index (χ2n) is 21.9. The molecule has 21 nitrogen and oxygen atoms in total. The van der Waals surface area contributed by atoms with Crippen LogP contribution in [0.25, 0.3) is 0 Å². The molecule has 7 aromatic rings. The predicted molar refractivity (Wildman–Crippen MR) is 346 cm³/mol. The van der Waals surface area contributed by atoms with E-state index in [1.807, 2.05) is 170 Å². The summed E-state index contributed by atoms with van der Waals surface area (Å²) in [6.45, 7) is -0.860. The molecule has 0 saturated heterocycles. The van der Waals surface area contributed by atoms with Crippen LogP contribution in [0.3, 0.4) is 0 Å². The second-order valence-corrected chi connectivity index (χ2v) is 21.9. The molecular weight excluding hydrogens is 1200 g/mol. The van der Waals surface area contributed by atoms with Crippen LogP contribution in [0.2, 0.25) is 0 Å². The van der Waals surface area contributed by atoms with Crippen molar-refractivity contribution in [3.05, 3.63) is 245 Å². The number of alkyl carbamates (subject to hydrolysis) is 3. The summed E-state index contributed by atoms with van der Waals surface area (Å²) < 4.78 is 56.7. The largest absolute Gasteiger partial charge is 0.447 e. The molecule has 0 unspecified atom stereocenters. The number of amides is 11. The monoisotopic (exact) mass is 1280 g/mol. The Balaban J connectivity index is 0.949. The molecule has 490 valence electrons. The van der Waals surface area contributed by atoms with Gasteiger partial charge in [0.2, 0.25) is 0 Å². The Kier molecular flexibility index (Phi) is 28.0. The van der Waals surface area contributed by atoms with Crippen LogP contribution in [-0.2, 0) is 58.9 Å². The van der Waals surface area contributed by atoms with Crippen LogP contribution < -0.4 is 58.5 Å². The topological polar surface area (TPSA) is 280 Å². The third-order valence-electron chi connectivity index (χ3n) is 14.4. The highest BCUT2D eigenvalue weighted by Crippen LogP contribution is 2.30. The molecule has 0 saturated carbocycles. The van der Waals surface area contributed by atoms with Crippen molar-refractivity contribution in [1.29, 1.82) is 0 Å². The number of hydrogen-bond acceptors (Lipinski definition) is 10. The zero-order valence-electron chi connectivity index (χ0n) is 51.3. The van der Waals surface area contributed by atoms with Crippen molar-refractivity contribution in [2.24, 2.45) is 0 Å². The van der Waals surface area contributed by atoms with Gasteiger partial charge in [-0.15, -0.1) is 0 Å². The molecule has 24 heteroatoms. The molecule has 7 aromatic carbocycles. The van der Waals surface area contributed by atoms with E-state index in [9.17, 15) is 46.7 Å². The summed E-state index contributed by atoms with van der Waals surface area (Å²) in [5.41, 5.74) is 4.33. The molecule has 0 spiro atoms. The summed E-state index contributed by atoms with van der Waals surface area (Å²) in [4.78, 5) is 93.5. The minimum absolute atomic E-state index is 0.0640. The highest BCUT2D eigenvalue weighted by molar-refractivity contribution is 5.89. The van der Waals surface area contributed by atoms with Gasteiger partial charge in [0.15, 0.2) is 0 Å². The lowest BCUT2D eigenvalue weighted by Gasteiger charge is -2.24. The van der Waals surface area contributed by atoms with E-state index in [1.165, 1.54) is 7.05 Å². The van der Waals surface area contributed by atoms with Gasteiger partial charge < -0.3 is 72.7 Å². The summed E-state index contributed by atoms with van der Waals surface area (Å²) in [7, 11) is 1.49. The van der Waals surface area contributed by atoms with Crippen molar-refractivity contribution in [3.8, 4) is 0 Å². The van der Waals surface area contributed by atoms with Gasteiger partial charge in [0, 0.05) is 32.4 Å². The number of carbonyl (C=O) groups is 7. The Bertz CT molecular complexity index is 3410. The SMILES string of the molecule is CNC(=O)NC[C@H](Cc1ccccc1)NC(=O)OC[C@H](Cc1ccccc1)NC(=O)NC[C@H](Cc1ccccc1)NC(=O)OC[C@H](Cc1ccccc1)NC(=O)NC[C@H](Cc1ccccc1)NC(=O)OC[C@H](Cc1ccccc1)NC(=O)Nc1ccc(C(F)(F)F)cc1. The Morgan fingerprint density at radius 1 is 0.333 bits per heavy atom. The first-order chi connectivity index (χ1) is 45.0. The molecule has 93 heavy (non-hydrogen) atoms. The zero-order valence-corrected chi connectivity index (χ0v) is 51.3. The van der Waals surface area contributed by atoms with Gasteiger partial charge in [0.1, 0.15) is 19.8 Å². The molecule has 7 rings (SSSR count). The van der Waals surface area contributed by atoms with Gasteiger partial charge in [0.25, 0.3) is 0 Å². The molecule has 6 atom stereocenters. The van der Waals surface area contributed by atoms with Crippen LogP contribution in [0, 0.1) is 0 Å². The minimum Gasteiger partial charge on any atom is -0.447 e. The van der Waals surface area contributed by atoms with Gasteiger partial charge in [-0.2, -0.15) is 13.2 Å². The van der Waals surface area contributed by atoms with E-state index in [2.05, 4.69) is 58.5 Å². The van der Waals surface area contributed by atoms with Crippen molar-refractivity contribution in [3.63, 3.8) is 0 Å². The highest BCUT2D eigenvalue weighted by atomic mass is 19.4. The Labute approximate surface area is 538 Å². The number of alkyl halides is 3. The lowest BCUT2D eigenvalue weighted by atomic mass is 10.1. The summed E-state index contributed by atoms with van der Waals surface area (Å²) in [5.74, 6) is 0. The van der Waals surface area contributed by atoms with Crippen molar-refractivity contribution in [1.82, 2.24) is 53.2 Å². The van der Waals surface area contributed by atoms with Gasteiger partial charge in [0.05, 0.1) is 41.8 Å². The average Bonchev–Trinajstić information content (AvgIpc) is 3.66. The number of rotatable bonds is 31. The normalized spacial score (nSPS) is 12.9. The predicted octanol–water partition coefficient (Wildman–Crippen LogP) is 9.20. The molecule has 11 N–H and O–H groups in total. The average molecular weight is 1280 g/mol. The first-order valence-corrected chi connectivity index (χ1v) is 30.3. The summed E-state index contributed by atoms with van der Waals surface area (Å²) >= 11 is 0. The lowest BCUT2D eigenvalue weighted by Crippen LogP contribution is -2.52. The molecule has 0 aliphatic rings. The molecular formula is C69H78F3N11O10. The molecule has 0 aliphatic carbocycles. The van der Waals surface area contributed by atoms with Crippen molar-refractivity contribution >= 4 is 48.1 Å². The van der Waals surface area contributed by atoms with E-state index in [0.717, 1.165) is 57.6 Å². The molecule has 0 bridgehead atoms. The zero-order chi connectivity index (χ0) is 66.1. The van der Waals surface area contributed by atoms with Crippen LogP contribution >= 0.6 is 0 Å². The number of halogens is 3. The first kappa shape index (κ1) is 69.7. The van der Waals surface area contributed by atoms with Gasteiger partial charge in [-0.1, -0.05) is 182 Å². The van der Waals surface area contributed by atoms with Crippen LogP contribution in [0.15, 0.2) is 206 Å². The van der Waals surface area contributed by atoms with E-state index in [-0.39, 0.29) is 70.8 Å². The number of hydrogen-bond donors (Lipinski definition) is 11. The smallest absolute Gasteiger partial charge is 0.416 e. The third kappa shape index (κ3) is 27.1. The Morgan fingerprint density at radius 3 is 0.860 bits per heavy atom. The maximum absolute atomic E-state index is 13.8. The first-order valence-electron chi connectivity index (χ1n) is 30.3. The van der Waals surface area contributed by atoms with E-state index in [0.29, 0.717) is 12.8 Å². The van der Waals surface area contributed by atoms with Gasteiger partial charge in [-0.3, -0.25) is 0 Å². The quantitative estimate of drug-likeness (QED) is 0.0183. The Morgan fingerprint density at radius 2 is 0.591 bits per heavy atom. The summed E-state index contributed by atoms with van der Waals surface area (Å²) in [5, 5.41) is 30.5. The molecule has 0 radical (unpaired) electrons. The van der Waals surface area contributed by atoms with Gasteiger partial charge in [-0.25, -0.2) is 33.6 Å². The molecule has 0 aliphatic heterocycles.